The molecule has 1 aliphatic rings. The summed E-state index contributed by atoms with van der Waals surface area (Å²) in [7, 11) is 0. The van der Waals surface area contributed by atoms with Crippen molar-refractivity contribution in [2.24, 2.45) is 0 Å². The Bertz CT molecular complexity index is 611. The molecule has 1 N–H and O–H groups in total. The third-order valence-corrected chi connectivity index (χ3v) is 4.91. The second-order valence-electron chi connectivity index (χ2n) is 6.84. The van der Waals surface area contributed by atoms with Gasteiger partial charge < -0.3 is 5.11 Å². The van der Waals surface area contributed by atoms with Gasteiger partial charge in [-0.15, -0.1) is 0 Å². The first-order chi connectivity index (χ1) is 11.7. The zero-order chi connectivity index (χ0) is 16.8. The van der Waals surface area contributed by atoms with Gasteiger partial charge in [0.05, 0.1) is 0 Å². The number of benzene rings is 2. The van der Waals surface area contributed by atoms with Gasteiger partial charge in [-0.1, -0.05) is 60.2 Å². The predicted molar refractivity (Wildman–Crippen MR) is 98.8 cm³/mol. The Kier molecular flexibility index (Phi) is 6.02. The molecule has 3 nitrogen and oxygen atoms in total. The number of hydrogen-bond donors (Lipinski definition) is 1. The molecule has 0 saturated carbocycles. The highest BCUT2D eigenvalue weighted by Crippen LogP contribution is 2.18. The molecule has 1 aliphatic heterocycles. The van der Waals surface area contributed by atoms with E-state index in [9.17, 15) is 5.11 Å². The Morgan fingerprint density at radius 1 is 0.917 bits per heavy atom. The van der Waals surface area contributed by atoms with E-state index in [0.29, 0.717) is 6.04 Å². The zero-order valence-corrected chi connectivity index (χ0v) is 14.6. The SMILES string of the molecule is Cc1ccc(CN2CCN(Cc3ccccc3)C[C@H]2CCO)cc1. The number of aliphatic hydroxyl groups is 1. The van der Waals surface area contributed by atoms with E-state index in [2.05, 4.69) is 71.3 Å². The number of rotatable bonds is 6. The first-order valence-electron chi connectivity index (χ1n) is 8.91. The van der Waals surface area contributed by atoms with Crippen LogP contribution in [0.5, 0.6) is 0 Å². The molecule has 24 heavy (non-hydrogen) atoms. The Morgan fingerprint density at radius 3 is 2.33 bits per heavy atom. The van der Waals surface area contributed by atoms with Crippen LogP contribution in [0.1, 0.15) is 23.1 Å². The van der Waals surface area contributed by atoms with E-state index in [1.165, 1.54) is 16.7 Å². The Labute approximate surface area is 145 Å². The van der Waals surface area contributed by atoms with Gasteiger partial charge in [0, 0.05) is 45.4 Å². The minimum absolute atomic E-state index is 0.258. The first kappa shape index (κ1) is 17.2. The maximum atomic E-state index is 9.47. The minimum atomic E-state index is 0.258. The summed E-state index contributed by atoms with van der Waals surface area (Å²) in [5.74, 6) is 0. The molecule has 1 fully saturated rings. The van der Waals surface area contributed by atoms with Crippen LogP contribution in [0.15, 0.2) is 54.6 Å². The molecule has 0 aliphatic carbocycles. The predicted octanol–water partition coefficient (Wildman–Crippen LogP) is 3.06. The van der Waals surface area contributed by atoms with Gasteiger partial charge in [0.25, 0.3) is 0 Å². The summed E-state index contributed by atoms with van der Waals surface area (Å²) in [4.78, 5) is 5.05. The molecular weight excluding hydrogens is 296 g/mol. The average Bonchev–Trinajstić information content (AvgIpc) is 2.60. The van der Waals surface area contributed by atoms with Crippen LogP contribution in [0.3, 0.4) is 0 Å². The average molecular weight is 324 g/mol. The van der Waals surface area contributed by atoms with Crippen LogP contribution in [0.2, 0.25) is 0 Å². The molecule has 0 amide bonds. The highest BCUT2D eigenvalue weighted by atomic mass is 16.3. The van der Waals surface area contributed by atoms with Crippen molar-refractivity contribution in [1.82, 2.24) is 9.80 Å². The lowest BCUT2D eigenvalue weighted by Gasteiger charge is -2.41. The van der Waals surface area contributed by atoms with Crippen LogP contribution in [0.4, 0.5) is 0 Å². The number of aliphatic hydroxyl groups excluding tert-OH is 1. The maximum absolute atomic E-state index is 9.47. The van der Waals surface area contributed by atoms with Crippen molar-refractivity contribution in [3.8, 4) is 0 Å². The topological polar surface area (TPSA) is 26.7 Å². The summed E-state index contributed by atoms with van der Waals surface area (Å²) in [5.41, 5.74) is 4.03. The molecule has 3 rings (SSSR count). The van der Waals surface area contributed by atoms with Crippen LogP contribution >= 0.6 is 0 Å². The van der Waals surface area contributed by atoms with Crippen molar-refractivity contribution in [3.63, 3.8) is 0 Å². The largest absolute Gasteiger partial charge is 0.396 e. The fourth-order valence-electron chi connectivity index (χ4n) is 3.50. The zero-order valence-electron chi connectivity index (χ0n) is 14.6. The molecule has 0 aromatic heterocycles. The van der Waals surface area contributed by atoms with E-state index in [-0.39, 0.29) is 6.61 Å². The van der Waals surface area contributed by atoms with E-state index in [4.69, 9.17) is 0 Å². The lowest BCUT2D eigenvalue weighted by atomic mass is 10.1. The second kappa shape index (κ2) is 8.43. The summed E-state index contributed by atoms with van der Waals surface area (Å²) < 4.78 is 0. The molecule has 2 aromatic rings. The van der Waals surface area contributed by atoms with Gasteiger partial charge in [-0.05, 0) is 24.5 Å². The standard InChI is InChI=1S/C21H28N2O/c1-18-7-9-20(10-8-18)16-23-13-12-22(17-21(23)11-14-24)15-19-5-3-2-4-6-19/h2-10,21,24H,11-17H2,1H3/t21-/m1/s1. The van der Waals surface area contributed by atoms with Crippen molar-refractivity contribution in [1.29, 1.82) is 0 Å². The van der Waals surface area contributed by atoms with Crippen molar-refractivity contribution < 1.29 is 5.11 Å². The van der Waals surface area contributed by atoms with Crippen molar-refractivity contribution in [3.05, 3.63) is 71.3 Å². The summed E-state index contributed by atoms with van der Waals surface area (Å²) in [6.45, 7) is 7.54. The molecule has 3 heteroatoms. The Morgan fingerprint density at radius 2 is 1.62 bits per heavy atom. The summed E-state index contributed by atoms with van der Waals surface area (Å²) >= 11 is 0. The van der Waals surface area contributed by atoms with Crippen molar-refractivity contribution in [2.45, 2.75) is 32.5 Å². The van der Waals surface area contributed by atoms with E-state index < -0.39 is 0 Å². The van der Waals surface area contributed by atoms with E-state index in [0.717, 1.165) is 39.1 Å². The molecule has 1 atom stereocenters. The summed E-state index contributed by atoms with van der Waals surface area (Å²) in [6, 6.07) is 19.9. The summed E-state index contributed by atoms with van der Waals surface area (Å²) in [6.07, 6.45) is 0.844. The molecule has 0 bridgehead atoms. The van der Waals surface area contributed by atoms with E-state index >= 15 is 0 Å². The molecule has 1 heterocycles. The summed E-state index contributed by atoms with van der Waals surface area (Å²) in [5, 5.41) is 9.47. The Balaban J connectivity index is 1.61. The molecular formula is C21H28N2O. The van der Waals surface area contributed by atoms with Crippen LogP contribution in [0, 0.1) is 6.92 Å². The Hall–Kier alpha value is -1.68. The highest BCUT2D eigenvalue weighted by molar-refractivity contribution is 5.21. The lowest BCUT2D eigenvalue weighted by Crippen LogP contribution is -2.52. The van der Waals surface area contributed by atoms with Gasteiger partial charge >= 0.3 is 0 Å². The second-order valence-corrected chi connectivity index (χ2v) is 6.84. The monoisotopic (exact) mass is 324 g/mol. The fraction of sp³-hybridized carbons (Fsp3) is 0.429. The number of hydrogen-bond acceptors (Lipinski definition) is 3. The smallest absolute Gasteiger partial charge is 0.0446 e. The minimum Gasteiger partial charge on any atom is -0.396 e. The van der Waals surface area contributed by atoms with Gasteiger partial charge in [-0.3, -0.25) is 9.80 Å². The first-order valence-corrected chi connectivity index (χ1v) is 8.91. The third kappa shape index (κ3) is 4.67. The van der Waals surface area contributed by atoms with E-state index in [1.54, 1.807) is 0 Å². The lowest BCUT2D eigenvalue weighted by molar-refractivity contribution is 0.0500. The molecule has 0 radical (unpaired) electrons. The fourth-order valence-corrected chi connectivity index (χ4v) is 3.50. The third-order valence-electron chi connectivity index (χ3n) is 4.91. The van der Waals surface area contributed by atoms with Crippen LogP contribution in [-0.4, -0.2) is 47.2 Å². The van der Waals surface area contributed by atoms with Crippen molar-refractivity contribution in [2.75, 3.05) is 26.2 Å². The van der Waals surface area contributed by atoms with Crippen LogP contribution < -0.4 is 0 Å². The maximum Gasteiger partial charge on any atom is 0.0446 e. The molecule has 128 valence electrons. The van der Waals surface area contributed by atoms with Gasteiger partial charge in [0.15, 0.2) is 0 Å². The van der Waals surface area contributed by atoms with Crippen molar-refractivity contribution >= 4 is 0 Å². The quantitative estimate of drug-likeness (QED) is 0.885. The number of nitrogens with zero attached hydrogens (tertiary/aromatic N) is 2. The molecule has 2 aromatic carbocycles. The molecule has 0 spiro atoms. The van der Waals surface area contributed by atoms with Gasteiger partial charge in [-0.25, -0.2) is 0 Å². The van der Waals surface area contributed by atoms with Gasteiger partial charge in [-0.2, -0.15) is 0 Å². The van der Waals surface area contributed by atoms with Gasteiger partial charge in [0.1, 0.15) is 0 Å². The van der Waals surface area contributed by atoms with E-state index in [1.807, 2.05) is 0 Å². The highest BCUT2D eigenvalue weighted by Gasteiger charge is 2.26. The van der Waals surface area contributed by atoms with Gasteiger partial charge in [0.2, 0.25) is 0 Å². The molecule has 0 unspecified atom stereocenters. The van der Waals surface area contributed by atoms with Crippen LogP contribution in [0.25, 0.3) is 0 Å². The number of piperazine rings is 1. The van der Waals surface area contributed by atoms with Crippen LogP contribution in [-0.2, 0) is 13.1 Å². The normalized spacial score (nSPS) is 19.5. The number of aryl methyl sites for hydroxylation is 1. The molecule has 1 saturated heterocycles.